The maximum atomic E-state index is 11.8. The zero-order chi connectivity index (χ0) is 18.0. The predicted octanol–water partition coefficient (Wildman–Crippen LogP) is -0.208. The van der Waals surface area contributed by atoms with Crippen molar-refractivity contribution in [3.8, 4) is 0 Å². The topological polar surface area (TPSA) is 142 Å². The molecule has 0 aromatic heterocycles. The van der Waals surface area contributed by atoms with Gasteiger partial charge < -0.3 is 14.2 Å². The summed E-state index contributed by atoms with van der Waals surface area (Å²) in [5, 5.41) is 0. The first-order chi connectivity index (χ1) is 10.7. The molecule has 0 fully saturated rings. The van der Waals surface area contributed by atoms with Gasteiger partial charge in [0.2, 0.25) is 0 Å². The molecule has 0 aromatic carbocycles. The van der Waals surface area contributed by atoms with Crippen molar-refractivity contribution in [3.05, 3.63) is 11.1 Å². The van der Waals surface area contributed by atoms with E-state index in [1.165, 1.54) is 0 Å². The second-order valence-electron chi connectivity index (χ2n) is 4.05. The molecule has 10 nitrogen and oxygen atoms in total. The summed E-state index contributed by atoms with van der Waals surface area (Å²) in [6.45, 7) is -0.438. The predicted molar refractivity (Wildman–Crippen MR) is 74.4 cm³/mol. The van der Waals surface area contributed by atoms with Crippen LogP contribution in [0.4, 0.5) is 0 Å². The monoisotopic (exact) mass is 354 g/mol. The Morgan fingerprint density at radius 2 is 1.43 bits per heavy atom. The van der Waals surface area contributed by atoms with Crippen LogP contribution in [0.15, 0.2) is 11.1 Å². The van der Waals surface area contributed by atoms with E-state index in [1.807, 2.05) is 0 Å². The number of hydrogen-bond acceptors (Lipinski definition) is 9. The van der Waals surface area contributed by atoms with E-state index in [1.54, 1.807) is 0 Å². The minimum absolute atomic E-state index is 0.0497. The Labute approximate surface area is 133 Å². The summed E-state index contributed by atoms with van der Waals surface area (Å²) in [4.78, 5) is 34.9. The second-order valence-corrected chi connectivity index (χ2v) is 5.14. The lowest BCUT2D eigenvalue weighted by Crippen LogP contribution is -2.18. The molecular formula is C12H18O10S. The van der Waals surface area contributed by atoms with Crippen LogP contribution in [0, 0.1) is 0 Å². The molecule has 0 saturated carbocycles. The minimum Gasteiger partial charge on any atom is -0.469 e. The number of rotatable bonds is 9. The Balaban J connectivity index is 5.35. The highest BCUT2D eigenvalue weighted by molar-refractivity contribution is 7.80. The molecule has 0 spiro atoms. The fourth-order valence-electron chi connectivity index (χ4n) is 1.55. The lowest BCUT2D eigenvalue weighted by Gasteiger charge is -2.11. The maximum absolute atomic E-state index is 11.8. The molecule has 0 radical (unpaired) electrons. The third-order valence-corrected chi connectivity index (χ3v) is 3.04. The summed E-state index contributed by atoms with van der Waals surface area (Å²) in [6, 6.07) is 0. The van der Waals surface area contributed by atoms with E-state index in [9.17, 15) is 22.8 Å². The van der Waals surface area contributed by atoms with Crippen LogP contribution in [0.2, 0.25) is 0 Å². The van der Waals surface area contributed by atoms with Crippen LogP contribution in [-0.4, -0.2) is 58.8 Å². The fraction of sp³-hybridized carbons (Fsp3) is 0.583. The number of methoxy groups -OCH3 is 3. The average Bonchev–Trinajstić information content (AvgIpc) is 2.50. The molecule has 0 unspecified atom stereocenters. The Bertz CT molecular complexity index is 575. The summed E-state index contributed by atoms with van der Waals surface area (Å²) in [6.07, 6.45) is -0.720. The number of carbonyl (C=O) groups excluding carboxylic acids is 3. The molecule has 0 amide bonds. The van der Waals surface area contributed by atoms with Crippen molar-refractivity contribution < 1.29 is 45.7 Å². The standard InChI is InChI=1S/C12H18O10S/c1-19-10(13)7-9(12(15)21-3)8(11(14)20-2)5-4-6-22-23(16,17)18/h4-7H2,1-3H3,(H,16,17,18)/b9-8+. The van der Waals surface area contributed by atoms with E-state index in [-0.39, 0.29) is 24.0 Å². The maximum Gasteiger partial charge on any atom is 0.397 e. The lowest BCUT2D eigenvalue weighted by atomic mass is 10.0. The van der Waals surface area contributed by atoms with Gasteiger partial charge in [-0.15, -0.1) is 0 Å². The van der Waals surface area contributed by atoms with Gasteiger partial charge in [0.15, 0.2) is 0 Å². The van der Waals surface area contributed by atoms with Crippen molar-refractivity contribution in [3.63, 3.8) is 0 Å². The highest BCUT2D eigenvalue weighted by Gasteiger charge is 2.25. The van der Waals surface area contributed by atoms with Crippen LogP contribution in [0.25, 0.3) is 0 Å². The molecule has 0 heterocycles. The van der Waals surface area contributed by atoms with Gasteiger partial charge in [0, 0.05) is 5.57 Å². The van der Waals surface area contributed by atoms with E-state index in [2.05, 4.69) is 18.4 Å². The summed E-state index contributed by atoms with van der Waals surface area (Å²) in [5.41, 5.74) is -0.443. The summed E-state index contributed by atoms with van der Waals surface area (Å²) in [7, 11) is -1.37. The molecule has 0 aliphatic carbocycles. The molecule has 0 atom stereocenters. The molecule has 1 N–H and O–H groups in total. The molecule has 0 aliphatic rings. The molecular weight excluding hydrogens is 336 g/mol. The molecule has 0 rings (SSSR count). The minimum atomic E-state index is -4.61. The van der Waals surface area contributed by atoms with Gasteiger partial charge in [-0.3, -0.25) is 9.35 Å². The summed E-state index contributed by atoms with van der Waals surface area (Å²) in [5.74, 6) is -2.59. The van der Waals surface area contributed by atoms with Crippen molar-refractivity contribution in [2.24, 2.45) is 0 Å². The Morgan fingerprint density at radius 1 is 0.913 bits per heavy atom. The van der Waals surface area contributed by atoms with Gasteiger partial charge in [-0.2, -0.15) is 8.42 Å². The molecule has 23 heavy (non-hydrogen) atoms. The Morgan fingerprint density at radius 3 is 1.87 bits per heavy atom. The van der Waals surface area contributed by atoms with Crippen molar-refractivity contribution in [1.29, 1.82) is 0 Å². The van der Waals surface area contributed by atoms with Crippen LogP contribution in [0.1, 0.15) is 19.3 Å². The van der Waals surface area contributed by atoms with Crippen LogP contribution in [0.5, 0.6) is 0 Å². The first-order valence-electron chi connectivity index (χ1n) is 6.23. The van der Waals surface area contributed by atoms with Gasteiger partial charge in [-0.25, -0.2) is 13.8 Å². The number of carbonyl (C=O) groups is 3. The molecule has 0 aliphatic heterocycles. The summed E-state index contributed by atoms with van der Waals surface area (Å²) >= 11 is 0. The van der Waals surface area contributed by atoms with Gasteiger partial charge in [-0.1, -0.05) is 0 Å². The molecule has 132 valence electrons. The van der Waals surface area contributed by atoms with E-state index >= 15 is 0 Å². The molecule has 0 aromatic rings. The van der Waals surface area contributed by atoms with E-state index in [0.717, 1.165) is 21.3 Å². The normalized spacial score (nSPS) is 12.2. The van der Waals surface area contributed by atoms with Gasteiger partial charge in [0.25, 0.3) is 0 Å². The Hall–Kier alpha value is -1.98. The quantitative estimate of drug-likeness (QED) is 0.194. The van der Waals surface area contributed by atoms with Crippen LogP contribution in [0.3, 0.4) is 0 Å². The largest absolute Gasteiger partial charge is 0.469 e. The third-order valence-electron chi connectivity index (χ3n) is 2.58. The summed E-state index contributed by atoms with van der Waals surface area (Å²) < 4.78 is 46.9. The van der Waals surface area contributed by atoms with Gasteiger partial charge in [0.05, 0.1) is 39.9 Å². The number of ether oxygens (including phenoxy) is 3. The van der Waals surface area contributed by atoms with Crippen molar-refractivity contribution in [2.45, 2.75) is 19.3 Å². The molecule has 11 heteroatoms. The van der Waals surface area contributed by atoms with Crippen molar-refractivity contribution in [2.75, 3.05) is 27.9 Å². The van der Waals surface area contributed by atoms with Crippen molar-refractivity contribution in [1.82, 2.24) is 0 Å². The number of hydrogen-bond donors (Lipinski definition) is 1. The lowest BCUT2D eigenvalue weighted by molar-refractivity contribution is -0.143. The van der Waals surface area contributed by atoms with E-state index in [0.29, 0.717) is 0 Å². The number of esters is 3. The van der Waals surface area contributed by atoms with Crippen molar-refractivity contribution >= 4 is 28.3 Å². The average molecular weight is 354 g/mol. The first-order valence-corrected chi connectivity index (χ1v) is 7.60. The highest BCUT2D eigenvalue weighted by atomic mass is 32.3. The van der Waals surface area contributed by atoms with Gasteiger partial charge >= 0.3 is 28.3 Å². The van der Waals surface area contributed by atoms with Gasteiger partial charge in [-0.05, 0) is 12.8 Å². The third kappa shape index (κ3) is 8.28. The highest BCUT2D eigenvalue weighted by Crippen LogP contribution is 2.19. The Kier molecular flexibility index (Phi) is 9.07. The molecule has 0 bridgehead atoms. The zero-order valence-corrected chi connectivity index (χ0v) is 13.7. The molecule has 0 saturated heterocycles. The van der Waals surface area contributed by atoms with Crippen LogP contribution < -0.4 is 0 Å². The smallest absolute Gasteiger partial charge is 0.397 e. The van der Waals surface area contributed by atoms with Crippen LogP contribution >= 0.6 is 0 Å². The fourth-order valence-corrected chi connectivity index (χ4v) is 1.88. The zero-order valence-electron chi connectivity index (χ0n) is 12.9. The van der Waals surface area contributed by atoms with Crippen LogP contribution in [-0.2, 0) is 43.2 Å². The SMILES string of the molecule is COC(=O)C/C(C(=O)OC)=C(/CCCOS(=O)(=O)O)C(=O)OC. The van der Waals surface area contributed by atoms with E-state index < -0.39 is 41.3 Å². The first kappa shape index (κ1) is 21.0. The van der Waals surface area contributed by atoms with Gasteiger partial charge in [0.1, 0.15) is 0 Å². The second kappa shape index (κ2) is 9.92. The van der Waals surface area contributed by atoms with E-state index in [4.69, 9.17) is 4.55 Å².